The van der Waals surface area contributed by atoms with E-state index in [1.165, 1.54) is 6.08 Å². The Bertz CT molecular complexity index is 810. The SMILES string of the molecule is CC(C)(C)C1=CC(=O)C(=O)C(C(c2ccccc2)c2ccccc2)=C1. The number of hydrogen-bond donors (Lipinski definition) is 0. The van der Waals surface area contributed by atoms with Gasteiger partial charge in [-0.3, -0.25) is 9.59 Å². The Kier molecular flexibility index (Phi) is 4.54. The lowest BCUT2D eigenvalue weighted by atomic mass is 9.75. The van der Waals surface area contributed by atoms with Crippen LogP contribution >= 0.6 is 0 Å². The van der Waals surface area contributed by atoms with Crippen molar-refractivity contribution in [3.63, 3.8) is 0 Å². The van der Waals surface area contributed by atoms with Gasteiger partial charge in [-0.15, -0.1) is 0 Å². The van der Waals surface area contributed by atoms with E-state index >= 15 is 0 Å². The van der Waals surface area contributed by atoms with Crippen LogP contribution in [0.1, 0.15) is 37.8 Å². The zero-order valence-electron chi connectivity index (χ0n) is 14.8. The Morgan fingerprint density at radius 3 is 1.64 bits per heavy atom. The second-order valence-corrected chi connectivity index (χ2v) is 7.40. The summed E-state index contributed by atoms with van der Waals surface area (Å²) in [5.74, 6) is -1.09. The summed E-state index contributed by atoms with van der Waals surface area (Å²) in [6, 6.07) is 19.8. The van der Waals surface area contributed by atoms with Crippen molar-refractivity contribution >= 4 is 11.6 Å². The van der Waals surface area contributed by atoms with Gasteiger partial charge in [-0.2, -0.15) is 0 Å². The summed E-state index contributed by atoms with van der Waals surface area (Å²) >= 11 is 0. The van der Waals surface area contributed by atoms with E-state index in [9.17, 15) is 9.59 Å². The molecular formula is C23H22O2. The molecule has 0 atom stereocenters. The Morgan fingerprint density at radius 1 is 0.720 bits per heavy atom. The predicted molar refractivity (Wildman–Crippen MR) is 100 cm³/mol. The number of carbonyl (C=O) groups excluding carboxylic acids is 2. The van der Waals surface area contributed by atoms with Crippen molar-refractivity contribution in [2.24, 2.45) is 5.41 Å². The highest BCUT2D eigenvalue weighted by atomic mass is 16.2. The molecule has 2 nitrogen and oxygen atoms in total. The van der Waals surface area contributed by atoms with Crippen molar-refractivity contribution in [2.75, 3.05) is 0 Å². The van der Waals surface area contributed by atoms with Gasteiger partial charge >= 0.3 is 0 Å². The molecule has 0 saturated carbocycles. The highest BCUT2D eigenvalue weighted by molar-refractivity contribution is 6.48. The van der Waals surface area contributed by atoms with E-state index < -0.39 is 11.6 Å². The van der Waals surface area contributed by atoms with Crippen molar-refractivity contribution in [1.82, 2.24) is 0 Å². The molecule has 25 heavy (non-hydrogen) atoms. The van der Waals surface area contributed by atoms with Crippen molar-refractivity contribution in [3.8, 4) is 0 Å². The third kappa shape index (κ3) is 3.53. The molecule has 0 saturated heterocycles. The van der Waals surface area contributed by atoms with Crippen molar-refractivity contribution in [1.29, 1.82) is 0 Å². The zero-order valence-corrected chi connectivity index (χ0v) is 14.8. The number of rotatable bonds is 3. The van der Waals surface area contributed by atoms with Gasteiger partial charge in [0.25, 0.3) is 0 Å². The molecule has 0 spiro atoms. The van der Waals surface area contributed by atoms with Crippen LogP contribution in [0.5, 0.6) is 0 Å². The van der Waals surface area contributed by atoms with Crippen molar-refractivity contribution < 1.29 is 9.59 Å². The second-order valence-electron chi connectivity index (χ2n) is 7.40. The minimum Gasteiger partial charge on any atom is -0.286 e. The summed E-state index contributed by atoms with van der Waals surface area (Å²) in [5, 5.41) is 0. The molecule has 2 aromatic rings. The highest BCUT2D eigenvalue weighted by Gasteiger charge is 2.33. The minimum absolute atomic E-state index is 0.195. The molecule has 126 valence electrons. The Hall–Kier alpha value is -2.74. The molecule has 1 aliphatic rings. The fourth-order valence-corrected chi connectivity index (χ4v) is 3.11. The summed E-state index contributed by atoms with van der Waals surface area (Å²) in [5.41, 5.74) is 3.27. The third-order valence-corrected chi connectivity index (χ3v) is 4.53. The van der Waals surface area contributed by atoms with Crippen molar-refractivity contribution in [3.05, 3.63) is 95.1 Å². The van der Waals surface area contributed by atoms with Gasteiger partial charge in [0, 0.05) is 11.5 Å². The molecule has 0 fully saturated rings. The molecule has 0 heterocycles. The largest absolute Gasteiger partial charge is 0.286 e. The van der Waals surface area contributed by atoms with Gasteiger partial charge in [0.1, 0.15) is 0 Å². The monoisotopic (exact) mass is 330 g/mol. The van der Waals surface area contributed by atoms with Gasteiger partial charge in [0.05, 0.1) is 0 Å². The topological polar surface area (TPSA) is 34.1 Å². The first-order valence-corrected chi connectivity index (χ1v) is 8.50. The lowest BCUT2D eigenvalue weighted by Crippen LogP contribution is -2.26. The first-order chi connectivity index (χ1) is 11.9. The molecule has 0 N–H and O–H groups in total. The number of allylic oxidation sites excluding steroid dienone is 4. The van der Waals surface area contributed by atoms with Crippen LogP contribution < -0.4 is 0 Å². The molecule has 0 bridgehead atoms. The van der Waals surface area contributed by atoms with E-state index in [4.69, 9.17) is 0 Å². The van der Waals surface area contributed by atoms with Gasteiger partial charge in [0.2, 0.25) is 11.6 Å². The van der Waals surface area contributed by atoms with Gasteiger partial charge in [-0.05, 0) is 28.2 Å². The maximum atomic E-state index is 12.7. The second kappa shape index (κ2) is 6.64. The Morgan fingerprint density at radius 2 is 1.20 bits per heavy atom. The smallest absolute Gasteiger partial charge is 0.229 e. The van der Waals surface area contributed by atoms with Crippen LogP contribution in [0.4, 0.5) is 0 Å². The minimum atomic E-state index is -0.431. The predicted octanol–water partition coefficient (Wildman–Crippen LogP) is 4.87. The quantitative estimate of drug-likeness (QED) is 0.594. The summed E-state index contributed by atoms with van der Waals surface area (Å²) in [4.78, 5) is 25.1. The van der Waals surface area contributed by atoms with Crippen LogP contribution in [0.25, 0.3) is 0 Å². The van der Waals surface area contributed by atoms with Gasteiger partial charge in [0.15, 0.2) is 0 Å². The molecule has 0 radical (unpaired) electrons. The molecular weight excluding hydrogens is 308 g/mol. The van der Waals surface area contributed by atoms with E-state index in [0.29, 0.717) is 5.57 Å². The number of ketones is 2. The molecule has 0 unspecified atom stereocenters. The van der Waals surface area contributed by atoms with Crippen LogP contribution in [-0.4, -0.2) is 11.6 Å². The van der Waals surface area contributed by atoms with E-state index in [2.05, 4.69) is 20.8 Å². The average Bonchev–Trinajstić information content (AvgIpc) is 2.60. The number of Topliss-reactive ketones (excluding diaryl/α,β-unsaturated/α-hetero) is 1. The third-order valence-electron chi connectivity index (χ3n) is 4.53. The maximum absolute atomic E-state index is 12.7. The van der Waals surface area contributed by atoms with Crippen LogP contribution in [0.15, 0.2) is 84.0 Å². The zero-order chi connectivity index (χ0) is 18.0. The molecule has 2 aromatic carbocycles. The van der Waals surface area contributed by atoms with Crippen LogP contribution in [0, 0.1) is 5.41 Å². The van der Waals surface area contributed by atoms with E-state index in [1.54, 1.807) is 0 Å². The molecule has 1 aliphatic carbocycles. The lowest BCUT2D eigenvalue weighted by Gasteiger charge is -2.27. The number of hydrogen-bond acceptors (Lipinski definition) is 2. The summed E-state index contributed by atoms with van der Waals surface area (Å²) < 4.78 is 0. The fourth-order valence-electron chi connectivity index (χ4n) is 3.11. The van der Waals surface area contributed by atoms with E-state index in [1.807, 2.05) is 66.7 Å². The summed E-state index contributed by atoms with van der Waals surface area (Å²) in [6.45, 7) is 6.15. The van der Waals surface area contributed by atoms with Gasteiger partial charge in [-0.25, -0.2) is 0 Å². The van der Waals surface area contributed by atoms with Crippen LogP contribution in [0.3, 0.4) is 0 Å². The molecule has 3 rings (SSSR count). The maximum Gasteiger partial charge on any atom is 0.229 e. The first kappa shape index (κ1) is 17.1. The fraction of sp³-hybridized carbons (Fsp3) is 0.217. The average molecular weight is 330 g/mol. The number of benzene rings is 2. The molecule has 2 heteroatoms. The molecule has 0 aliphatic heterocycles. The van der Waals surface area contributed by atoms with E-state index in [-0.39, 0.29) is 11.3 Å². The van der Waals surface area contributed by atoms with Crippen LogP contribution in [-0.2, 0) is 9.59 Å². The first-order valence-electron chi connectivity index (χ1n) is 8.50. The molecule has 0 amide bonds. The summed E-state index contributed by atoms with van der Waals surface area (Å²) in [7, 11) is 0. The Balaban J connectivity index is 2.19. The molecule has 0 aromatic heterocycles. The highest BCUT2D eigenvalue weighted by Crippen LogP contribution is 2.38. The van der Waals surface area contributed by atoms with Gasteiger partial charge < -0.3 is 0 Å². The standard InChI is InChI=1S/C23H22O2/c1-23(2,3)18-14-19(22(25)20(24)15-18)21(16-10-6-4-7-11-16)17-12-8-5-9-13-17/h4-15,21H,1-3H3. The Labute approximate surface area is 148 Å². The number of carbonyl (C=O) groups is 2. The van der Waals surface area contributed by atoms with Crippen LogP contribution in [0.2, 0.25) is 0 Å². The van der Waals surface area contributed by atoms with E-state index in [0.717, 1.165) is 16.7 Å². The lowest BCUT2D eigenvalue weighted by molar-refractivity contribution is -0.131. The normalized spacial score (nSPS) is 15.2. The van der Waals surface area contributed by atoms with Crippen molar-refractivity contribution in [2.45, 2.75) is 26.7 Å². The summed E-state index contributed by atoms with van der Waals surface area (Å²) in [6.07, 6.45) is 3.40. The van der Waals surface area contributed by atoms with Gasteiger partial charge in [-0.1, -0.05) is 87.5 Å².